The van der Waals surface area contributed by atoms with Crippen molar-refractivity contribution in [2.24, 2.45) is 5.92 Å². The van der Waals surface area contributed by atoms with Crippen LogP contribution in [0.1, 0.15) is 47.5 Å². The third kappa shape index (κ3) is 3.13. The van der Waals surface area contributed by atoms with Gasteiger partial charge in [-0.15, -0.1) is 11.3 Å². The summed E-state index contributed by atoms with van der Waals surface area (Å²) in [6.45, 7) is 7.41. The Morgan fingerprint density at radius 2 is 2.20 bits per heavy atom. The van der Waals surface area contributed by atoms with Gasteiger partial charge in [-0.25, -0.2) is 0 Å². The number of amides is 1. The van der Waals surface area contributed by atoms with Crippen LogP contribution in [0.25, 0.3) is 0 Å². The lowest BCUT2D eigenvalue weighted by molar-refractivity contribution is -0.0906. The molecule has 2 aliphatic heterocycles. The molecule has 1 spiro atoms. The number of fused-ring (bicyclic) bond motifs is 2. The second-order valence-electron chi connectivity index (χ2n) is 7.50. The fraction of sp³-hybridized carbons (Fsp3) is 0.579. The summed E-state index contributed by atoms with van der Waals surface area (Å²) >= 11 is 1.80. The second kappa shape index (κ2) is 6.57. The predicted octanol–water partition coefficient (Wildman–Crippen LogP) is 3.30. The Hall–Kier alpha value is -1.66. The summed E-state index contributed by atoms with van der Waals surface area (Å²) in [5.74, 6) is 0.605. The lowest BCUT2D eigenvalue weighted by Crippen LogP contribution is -2.47. The molecule has 0 radical (unpaired) electrons. The number of rotatable bonds is 3. The molecule has 2 aliphatic rings. The second-order valence-corrected chi connectivity index (χ2v) is 8.42. The molecule has 1 amide bonds. The zero-order chi connectivity index (χ0) is 17.4. The van der Waals surface area contributed by atoms with Gasteiger partial charge in [0.1, 0.15) is 5.60 Å². The minimum absolute atomic E-state index is 0.0899. The van der Waals surface area contributed by atoms with Crippen molar-refractivity contribution in [3.05, 3.63) is 39.8 Å². The SMILES string of the molecule is CC(C)Cn1cc(C(=O)N2CCC3(CC2)OCCc2ccsc23)cn1. The van der Waals surface area contributed by atoms with Crippen LogP contribution in [0.4, 0.5) is 0 Å². The van der Waals surface area contributed by atoms with Crippen LogP contribution in [-0.4, -0.2) is 40.3 Å². The van der Waals surface area contributed by atoms with Gasteiger partial charge in [-0.2, -0.15) is 5.10 Å². The van der Waals surface area contributed by atoms with E-state index >= 15 is 0 Å². The molecule has 0 aromatic carbocycles. The van der Waals surface area contributed by atoms with Gasteiger partial charge in [0.15, 0.2) is 0 Å². The van der Waals surface area contributed by atoms with Gasteiger partial charge in [0.2, 0.25) is 0 Å². The molecule has 4 rings (SSSR count). The van der Waals surface area contributed by atoms with Crippen molar-refractivity contribution in [2.45, 2.75) is 45.3 Å². The molecule has 6 heteroatoms. The van der Waals surface area contributed by atoms with Gasteiger partial charge in [0, 0.05) is 30.7 Å². The molecule has 0 atom stereocenters. The minimum Gasteiger partial charge on any atom is -0.369 e. The first-order chi connectivity index (χ1) is 12.1. The van der Waals surface area contributed by atoms with Gasteiger partial charge in [-0.05, 0) is 42.2 Å². The molecule has 0 unspecified atom stereocenters. The number of hydrogen-bond donors (Lipinski definition) is 0. The monoisotopic (exact) mass is 359 g/mol. The van der Waals surface area contributed by atoms with Gasteiger partial charge in [0.25, 0.3) is 5.91 Å². The van der Waals surface area contributed by atoms with E-state index in [1.807, 2.05) is 15.8 Å². The summed E-state index contributed by atoms with van der Waals surface area (Å²) < 4.78 is 8.10. The summed E-state index contributed by atoms with van der Waals surface area (Å²) in [7, 11) is 0. The zero-order valence-electron chi connectivity index (χ0n) is 14.9. The molecule has 0 N–H and O–H groups in total. The standard InChI is InChI=1S/C19H25N3O2S/c1-14(2)12-22-13-16(11-20-22)18(23)21-7-5-19(6-8-21)17-15(3-9-24-19)4-10-25-17/h4,10-11,13-14H,3,5-9,12H2,1-2H3. The van der Waals surface area contributed by atoms with Crippen molar-refractivity contribution in [3.63, 3.8) is 0 Å². The van der Waals surface area contributed by atoms with E-state index in [-0.39, 0.29) is 11.5 Å². The van der Waals surface area contributed by atoms with Crippen molar-refractivity contribution in [3.8, 4) is 0 Å². The molecule has 0 aliphatic carbocycles. The molecule has 0 bridgehead atoms. The molecule has 2 aromatic heterocycles. The van der Waals surface area contributed by atoms with E-state index in [0.29, 0.717) is 11.5 Å². The molecule has 1 saturated heterocycles. The Labute approximate surface area is 152 Å². The highest BCUT2D eigenvalue weighted by atomic mass is 32.1. The van der Waals surface area contributed by atoms with Crippen molar-refractivity contribution in [1.82, 2.24) is 14.7 Å². The molecule has 134 valence electrons. The zero-order valence-corrected chi connectivity index (χ0v) is 15.7. The van der Waals surface area contributed by atoms with E-state index < -0.39 is 0 Å². The highest BCUT2D eigenvalue weighted by molar-refractivity contribution is 7.10. The van der Waals surface area contributed by atoms with E-state index in [1.54, 1.807) is 17.5 Å². The first-order valence-corrected chi connectivity index (χ1v) is 9.98. The van der Waals surface area contributed by atoms with Crippen LogP contribution in [0.5, 0.6) is 0 Å². The molecule has 4 heterocycles. The van der Waals surface area contributed by atoms with Crippen molar-refractivity contribution < 1.29 is 9.53 Å². The number of thiophene rings is 1. The number of carbonyl (C=O) groups excluding carboxylic acids is 1. The van der Waals surface area contributed by atoms with E-state index in [1.165, 1.54) is 10.4 Å². The minimum atomic E-state index is -0.166. The number of nitrogens with zero attached hydrogens (tertiary/aromatic N) is 3. The maximum absolute atomic E-state index is 12.8. The summed E-state index contributed by atoms with van der Waals surface area (Å²) in [5.41, 5.74) is 1.96. The van der Waals surface area contributed by atoms with Crippen LogP contribution in [0, 0.1) is 5.92 Å². The molecule has 2 aromatic rings. The Bertz CT molecular complexity index is 756. The lowest BCUT2D eigenvalue weighted by Gasteiger charge is -2.43. The largest absolute Gasteiger partial charge is 0.369 e. The molecule has 25 heavy (non-hydrogen) atoms. The lowest BCUT2D eigenvalue weighted by atomic mass is 9.85. The van der Waals surface area contributed by atoms with Crippen molar-refractivity contribution >= 4 is 17.2 Å². The molecule has 1 fully saturated rings. The molecule has 0 saturated carbocycles. The molecular formula is C19H25N3O2S. The van der Waals surface area contributed by atoms with Gasteiger partial charge in [-0.3, -0.25) is 9.48 Å². The molecular weight excluding hydrogens is 334 g/mol. The van der Waals surface area contributed by atoms with E-state index in [0.717, 1.165) is 45.5 Å². The highest BCUT2D eigenvalue weighted by Gasteiger charge is 2.42. The molecule has 5 nitrogen and oxygen atoms in total. The number of hydrogen-bond acceptors (Lipinski definition) is 4. The van der Waals surface area contributed by atoms with Crippen LogP contribution in [0.15, 0.2) is 23.8 Å². The average Bonchev–Trinajstić information content (AvgIpc) is 3.25. The number of aromatic nitrogens is 2. The predicted molar refractivity (Wildman–Crippen MR) is 97.9 cm³/mol. The highest BCUT2D eigenvalue weighted by Crippen LogP contribution is 2.44. The van der Waals surface area contributed by atoms with Crippen molar-refractivity contribution in [2.75, 3.05) is 19.7 Å². The first-order valence-electron chi connectivity index (χ1n) is 9.10. The topological polar surface area (TPSA) is 47.4 Å². The van der Waals surface area contributed by atoms with Crippen LogP contribution < -0.4 is 0 Å². The fourth-order valence-electron chi connectivity index (χ4n) is 3.93. The van der Waals surface area contributed by atoms with Gasteiger partial charge in [-0.1, -0.05) is 13.8 Å². The Morgan fingerprint density at radius 3 is 2.96 bits per heavy atom. The van der Waals surface area contributed by atoms with Crippen LogP contribution >= 0.6 is 11.3 Å². The third-order valence-corrected chi connectivity index (χ3v) is 6.34. The van der Waals surface area contributed by atoms with Gasteiger partial charge < -0.3 is 9.64 Å². The van der Waals surface area contributed by atoms with E-state index in [4.69, 9.17) is 4.74 Å². The number of carbonyl (C=O) groups is 1. The fourth-order valence-corrected chi connectivity index (χ4v) is 5.10. The van der Waals surface area contributed by atoms with Gasteiger partial charge in [0.05, 0.1) is 18.4 Å². The number of likely N-dealkylation sites (tertiary alicyclic amines) is 1. The maximum atomic E-state index is 12.8. The maximum Gasteiger partial charge on any atom is 0.257 e. The van der Waals surface area contributed by atoms with Crippen LogP contribution in [-0.2, 0) is 23.3 Å². The van der Waals surface area contributed by atoms with Crippen molar-refractivity contribution in [1.29, 1.82) is 0 Å². The average molecular weight is 359 g/mol. The van der Waals surface area contributed by atoms with E-state index in [2.05, 4.69) is 30.4 Å². The first kappa shape index (κ1) is 16.8. The number of piperidine rings is 1. The summed E-state index contributed by atoms with van der Waals surface area (Å²) in [6, 6.07) is 2.23. The normalized spacial score (nSPS) is 19.4. The van der Waals surface area contributed by atoms with Crippen LogP contribution in [0.2, 0.25) is 0 Å². The smallest absolute Gasteiger partial charge is 0.257 e. The van der Waals surface area contributed by atoms with E-state index in [9.17, 15) is 4.79 Å². The van der Waals surface area contributed by atoms with Crippen LogP contribution in [0.3, 0.4) is 0 Å². The number of ether oxygens (including phenoxy) is 1. The summed E-state index contributed by atoms with van der Waals surface area (Å²) in [4.78, 5) is 16.1. The summed E-state index contributed by atoms with van der Waals surface area (Å²) in [5, 5.41) is 6.49. The van der Waals surface area contributed by atoms with Gasteiger partial charge >= 0.3 is 0 Å². The Kier molecular flexibility index (Phi) is 4.41. The third-order valence-electron chi connectivity index (χ3n) is 5.20. The quantitative estimate of drug-likeness (QED) is 0.845. The Morgan fingerprint density at radius 1 is 1.40 bits per heavy atom. The Balaban J connectivity index is 1.44. The summed E-state index contributed by atoms with van der Waals surface area (Å²) in [6.07, 6.45) is 6.35.